The van der Waals surface area contributed by atoms with Gasteiger partial charge in [0.15, 0.2) is 29.1 Å². The fourth-order valence-electron chi connectivity index (χ4n) is 2.03. The Balaban J connectivity index is 2.92. The molecule has 102 valence electrons. The van der Waals surface area contributed by atoms with E-state index in [1.54, 1.807) is 0 Å². The van der Waals surface area contributed by atoms with Crippen LogP contribution < -0.4 is 0 Å². The minimum Gasteiger partial charge on any atom is -0.377 e. The van der Waals surface area contributed by atoms with Crippen molar-refractivity contribution in [1.82, 2.24) is 0 Å². The number of halogens is 6. The highest BCUT2D eigenvalue weighted by atomic mass is 79.9. The summed E-state index contributed by atoms with van der Waals surface area (Å²) in [5.41, 5.74) is -4.44. The molecular formula is C12H6BrF5O. The number of aliphatic hydroxyl groups is 1. The first-order valence-electron chi connectivity index (χ1n) is 5.03. The third-order valence-electron chi connectivity index (χ3n) is 2.90. The van der Waals surface area contributed by atoms with Crippen LogP contribution in [0.15, 0.2) is 23.0 Å². The zero-order valence-electron chi connectivity index (χ0n) is 9.21. The molecule has 0 heterocycles. The number of hydrogen-bond donors (Lipinski definition) is 1. The average molecular weight is 341 g/mol. The van der Waals surface area contributed by atoms with Crippen LogP contribution in [0.25, 0.3) is 5.83 Å². The van der Waals surface area contributed by atoms with E-state index in [2.05, 4.69) is 22.5 Å². The van der Waals surface area contributed by atoms with Crippen molar-refractivity contribution in [2.45, 2.75) is 12.0 Å². The molecule has 0 saturated carbocycles. The molecule has 0 radical (unpaired) electrons. The summed E-state index contributed by atoms with van der Waals surface area (Å²) in [6, 6.07) is 0. The molecule has 1 aromatic carbocycles. The van der Waals surface area contributed by atoms with Gasteiger partial charge in [0.05, 0.1) is 10.0 Å². The van der Waals surface area contributed by atoms with Crippen molar-refractivity contribution in [1.29, 1.82) is 0 Å². The maximum Gasteiger partial charge on any atom is 0.196 e. The van der Waals surface area contributed by atoms with Gasteiger partial charge in [-0.25, -0.2) is 22.0 Å². The Kier molecular flexibility index (Phi) is 3.30. The van der Waals surface area contributed by atoms with Crippen LogP contribution in [0.4, 0.5) is 22.0 Å². The van der Waals surface area contributed by atoms with Crippen molar-refractivity contribution in [3.05, 3.63) is 51.5 Å². The number of benzene rings is 1. The summed E-state index contributed by atoms with van der Waals surface area (Å²) < 4.78 is 66.8. The molecule has 0 aliphatic heterocycles. The standard InChI is InChI=1S/C12H6BrF5O/c1-2-3-12(19)5-4(8(15)11(12)18)7(14)10(17)9(16)6(5)13/h2,19H,1,3H2/t12-/m1/s1. The van der Waals surface area contributed by atoms with Crippen LogP contribution in [0.5, 0.6) is 0 Å². The summed E-state index contributed by atoms with van der Waals surface area (Å²) in [5.74, 6) is -8.95. The van der Waals surface area contributed by atoms with E-state index in [1.165, 1.54) is 0 Å². The first kappa shape index (κ1) is 14.2. The van der Waals surface area contributed by atoms with Gasteiger partial charge < -0.3 is 5.11 Å². The van der Waals surface area contributed by atoms with E-state index in [4.69, 9.17) is 0 Å². The maximum absolute atomic E-state index is 13.7. The third-order valence-corrected chi connectivity index (χ3v) is 3.64. The Morgan fingerprint density at radius 1 is 1.11 bits per heavy atom. The normalized spacial score (nSPS) is 21.8. The summed E-state index contributed by atoms with van der Waals surface area (Å²) in [5, 5.41) is 10.1. The van der Waals surface area contributed by atoms with Crippen LogP contribution in [-0.4, -0.2) is 5.11 Å². The predicted molar refractivity (Wildman–Crippen MR) is 61.9 cm³/mol. The van der Waals surface area contributed by atoms with Gasteiger partial charge in [-0.1, -0.05) is 6.08 Å². The smallest absolute Gasteiger partial charge is 0.196 e. The summed E-state index contributed by atoms with van der Waals surface area (Å²) in [7, 11) is 0. The van der Waals surface area contributed by atoms with Gasteiger partial charge in [0.2, 0.25) is 0 Å². The molecule has 0 amide bonds. The second-order valence-electron chi connectivity index (χ2n) is 3.99. The van der Waals surface area contributed by atoms with Gasteiger partial charge in [0, 0.05) is 12.0 Å². The van der Waals surface area contributed by atoms with Crippen molar-refractivity contribution in [2.24, 2.45) is 0 Å². The topological polar surface area (TPSA) is 20.2 Å². The van der Waals surface area contributed by atoms with E-state index < -0.39 is 56.7 Å². The monoisotopic (exact) mass is 340 g/mol. The lowest BCUT2D eigenvalue weighted by atomic mass is 9.91. The van der Waals surface area contributed by atoms with E-state index in [9.17, 15) is 27.1 Å². The van der Waals surface area contributed by atoms with Crippen LogP contribution >= 0.6 is 15.9 Å². The second-order valence-corrected chi connectivity index (χ2v) is 4.78. The molecular weight excluding hydrogens is 335 g/mol. The van der Waals surface area contributed by atoms with Gasteiger partial charge in [-0.15, -0.1) is 6.58 Å². The zero-order chi connectivity index (χ0) is 14.5. The molecule has 1 atom stereocenters. The predicted octanol–water partition coefficient (Wildman–Crippen LogP) is 4.25. The molecule has 2 rings (SSSR count). The molecule has 1 aliphatic rings. The number of hydrogen-bond acceptors (Lipinski definition) is 1. The molecule has 1 aliphatic carbocycles. The molecule has 19 heavy (non-hydrogen) atoms. The third kappa shape index (κ3) is 1.68. The largest absolute Gasteiger partial charge is 0.377 e. The van der Waals surface area contributed by atoms with E-state index in [1.807, 2.05) is 0 Å². The highest BCUT2D eigenvalue weighted by Crippen LogP contribution is 2.52. The SMILES string of the molecule is C=CC[C@]1(O)C(F)=C(F)c2c(F)c(F)c(F)c(Br)c21. The molecule has 1 nitrogen and oxygen atoms in total. The van der Waals surface area contributed by atoms with E-state index in [0.717, 1.165) is 6.08 Å². The van der Waals surface area contributed by atoms with Gasteiger partial charge in [0.25, 0.3) is 0 Å². The number of rotatable bonds is 2. The molecule has 1 aromatic rings. The minimum atomic E-state index is -2.60. The first-order chi connectivity index (χ1) is 8.77. The summed E-state index contributed by atoms with van der Waals surface area (Å²) in [4.78, 5) is 0. The Morgan fingerprint density at radius 3 is 2.21 bits per heavy atom. The van der Waals surface area contributed by atoms with Gasteiger partial charge in [0.1, 0.15) is 5.60 Å². The van der Waals surface area contributed by atoms with Crippen molar-refractivity contribution >= 4 is 21.8 Å². The molecule has 7 heteroatoms. The summed E-state index contributed by atoms with van der Waals surface area (Å²) in [6.45, 7) is 3.25. The lowest BCUT2D eigenvalue weighted by Crippen LogP contribution is -2.25. The van der Waals surface area contributed by atoms with Crippen molar-refractivity contribution in [3.8, 4) is 0 Å². The summed E-state index contributed by atoms with van der Waals surface area (Å²) in [6.07, 6.45) is 0.524. The van der Waals surface area contributed by atoms with E-state index >= 15 is 0 Å². The van der Waals surface area contributed by atoms with Crippen molar-refractivity contribution in [2.75, 3.05) is 0 Å². The molecule has 1 N–H and O–H groups in total. The van der Waals surface area contributed by atoms with Gasteiger partial charge >= 0.3 is 0 Å². The molecule has 0 aromatic heterocycles. The van der Waals surface area contributed by atoms with E-state index in [0.29, 0.717) is 0 Å². The maximum atomic E-state index is 13.7. The molecule has 0 saturated heterocycles. The van der Waals surface area contributed by atoms with Crippen LogP contribution in [0.2, 0.25) is 0 Å². The molecule has 0 spiro atoms. The lowest BCUT2D eigenvalue weighted by Gasteiger charge is -2.23. The van der Waals surface area contributed by atoms with E-state index in [-0.39, 0.29) is 0 Å². The average Bonchev–Trinajstić information content (AvgIpc) is 2.56. The highest BCUT2D eigenvalue weighted by Gasteiger charge is 2.49. The van der Waals surface area contributed by atoms with Crippen LogP contribution in [0.1, 0.15) is 17.5 Å². The van der Waals surface area contributed by atoms with Crippen molar-refractivity contribution < 1.29 is 27.1 Å². The van der Waals surface area contributed by atoms with Crippen LogP contribution in [-0.2, 0) is 5.60 Å². The van der Waals surface area contributed by atoms with Crippen molar-refractivity contribution in [3.63, 3.8) is 0 Å². The molecule has 0 unspecified atom stereocenters. The Labute approximate surface area is 113 Å². The fourth-order valence-corrected chi connectivity index (χ4v) is 2.73. The quantitative estimate of drug-likeness (QED) is 0.369. The van der Waals surface area contributed by atoms with Crippen LogP contribution in [0.3, 0.4) is 0 Å². The van der Waals surface area contributed by atoms with Gasteiger partial charge in [-0.3, -0.25) is 0 Å². The molecule has 0 fully saturated rings. The Morgan fingerprint density at radius 2 is 1.68 bits per heavy atom. The first-order valence-corrected chi connectivity index (χ1v) is 5.82. The molecule has 0 bridgehead atoms. The van der Waals surface area contributed by atoms with Gasteiger partial charge in [-0.2, -0.15) is 0 Å². The fraction of sp³-hybridized carbons (Fsp3) is 0.167. The lowest BCUT2D eigenvalue weighted by molar-refractivity contribution is 0.0579. The number of fused-ring (bicyclic) bond motifs is 1. The summed E-state index contributed by atoms with van der Waals surface area (Å²) >= 11 is 2.58. The Hall–Kier alpha value is -1.21. The van der Waals surface area contributed by atoms with Gasteiger partial charge in [-0.05, 0) is 15.9 Å². The zero-order valence-corrected chi connectivity index (χ0v) is 10.8. The minimum absolute atomic E-state index is 0.525. The highest BCUT2D eigenvalue weighted by molar-refractivity contribution is 9.10. The van der Waals surface area contributed by atoms with Crippen LogP contribution in [0, 0.1) is 17.5 Å². The Bertz CT molecular complexity index is 625. The second kappa shape index (κ2) is 4.42.